The minimum atomic E-state index is -1.04. The quantitative estimate of drug-likeness (QED) is 0.514. The summed E-state index contributed by atoms with van der Waals surface area (Å²) < 4.78 is 0. The molecule has 0 atom stereocenters. The lowest BCUT2D eigenvalue weighted by Gasteiger charge is -2.10. The predicted molar refractivity (Wildman–Crippen MR) is 58.5 cm³/mol. The van der Waals surface area contributed by atoms with Crippen molar-refractivity contribution in [2.45, 2.75) is 19.8 Å². The third-order valence-corrected chi connectivity index (χ3v) is 2.10. The van der Waals surface area contributed by atoms with Gasteiger partial charge < -0.3 is 15.5 Å². The van der Waals surface area contributed by atoms with Gasteiger partial charge in [-0.1, -0.05) is 19.4 Å². The van der Waals surface area contributed by atoms with E-state index in [-0.39, 0.29) is 11.3 Å². The fourth-order valence-electron chi connectivity index (χ4n) is 1.29. The highest BCUT2D eigenvalue weighted by atomic mass is 16.4. The number of phenols is 1. The molecule has 1 aromatic carbocycles. The highest BCUT2D eigenvalue weighted by molar-refractivity contribution is 5.95. The number of benzene rings is 1. The predicted octanol–water partition coefficient (Wildman–Crippen LogP) is 2.30. The largest absolute Gasteiger partial charge is 0.506 e. The van der Waals surface area contributed by atoms with Crippen LogP contribution in [-0.4, -0.2) is 22.7 Å². The number of carboxylic acid groups (broad SMARTS) is 1. The molecule has 0 aliphatic heterocycles. The van der Waals surface area contributed by atoms with Crippen molar-refractivity contribution in [3.8, 4) is 5.75 Å². The van der Waals surface area contributed by atoms with Crippen LogP contribution in [0.15, 0.2) is 18.2 Å². The highest BCUT2D eigenvalue weighted by Gasteiger charge is 2.12. The lowest BCUT2D eigenvalue weighted by Crippen LogP contribution is -2.07. The molecule has 0 spiro atoms. The number of aromatic hydroxyl groups is 1. The molecular formula is C11H15NO3. The van der Waals surface area contributed by atoms with E-state index in [4.69, 9.17) is 5.11 Å². The van der Waals surface area contributed by atoms with Gasteiger partial charge >= 0.3 is 5.97 Å². The molecule has 0 radical (unpaired) electrons. The van der Waals surface area contributed by atoms with E-state index in [1.54, 1.807) is 0 Å². The van der Waals surface area contributed by atoms with Crippen LogP contribution >= 0.6 is 0 Å². The summed E-state index contributed by atoms with van der Waals surface area (Å²) in [5.41, 5.74) is 0.407. The van der Waals surface area contributed by atoms with Gasteiger partial charge in [0, 0.05) is 6.54 Å². The first-order valence-corrected chi connectivity index (χ1v) is 4.96. The Labute approximate surface area is 88.6 Å². The topological polar surface area (TPSA) is 69.6 Å². The van der Waals surface area contributed by atoms with Crippen LogP contribution in [0.25, 0.3) is 0 Å². The zero-order chi connectivity index (χ0) is 11.3. The average Bonchev–Trinajstić information content (AvgIpc) is 2.20. The van der Waals surface area contributed by atoms with E-state index in [9.17, 15) is 9.90 Å². The first kappa shape index (κ1) is 11.4. The molecule has 1 aromatic rings. The Kier molecular flexibility index (Phi) is 3.97. The van der Waals surface area contributed by atoms with Crippen LogP contribution in [0, 0.1) is 0 Å². The summed E-state index contributed by atoms with van der Waals surface area (Å²) in [7, 11) is 0. The van der Waals surface area contributed by atoms with Crippen molar-refractivity contribution in [3.63, 3.8) is 0 Å². The van der Waals surface area contributed by atoms with Gasteiger partial charge in [0.05, 0.1) is 11.3 Å². The van der Waals surface area contributed by atoms with Crippen molar-refractivity contribution in [3.05, 3.63) is 23.8 Å². The van der Waals surface area contributed by atoms with E-state index < -0.39 is 5.97 Å². The summed E-state index contributed by atoms with van der Waals surface area (Å²) in [6, 6.07) is 4.46. The molecule has 0 amide bonds. The zero-order valence-corrected chi connectivity index (χ0v) is 8.66. The number of para-hydroxylation sites is 1. The summed E-state index contributed by atoms with van der Waals surface area (Å²) in [4.78, 5) is 10.9. The van der Waals surface area contributed by atoms with Gasteiger partial charge in [-0.15, -0.1) is 0 Å². The SMILES string of the molecule is CCCCNc1c(O)cccc1C(=O)O. The molecule has 0 bridgehead atoms. The highest BCUT2D eigenvalue weighted by Crippen LogP contribution is 2.27. The molecule has 82 valence electrons. The maximum absolute atomic E-state index is 10.9. The Bertz CT molecular complexity index is 350. The van der Waals surface area contributed by atoms with Gasteiger partial charge in [0.1, 0.15) is 5.75 Å². The second-order valence-corrected chi connectivity index (χ2v) is 3.29. The second kappa shape index (κ2) is 5.24. The van der Waals surface area contributed by atoms with Crippen molar-refractivity contribution in [1.82, 2.24) is 0 Å². The van der Waals surface area contributed by atoms with Crippen molar-refractivity contribution in [2.75, 3.05) is 11.9 Å². The fraction of sp³-hybridized carbons (Fsp3) is 0.364. The van der Waals surface area contributed by atoms with Gasteiger partial charge in [0.2, 0.25) is 0 Å². The van der Waals surface area contributed by atoms with Crippen LogP contribution in [0.2, 0.25) is 0 Å². The molecule has 0 saturated heterocycles. The van der Waals surface area contributed by atoms with Crippen LogP contribution < -0.4 is 5.32 Å². The van der Waals surface area contributed by atoms with E-state index in [2.05, 4.69) is 5.32 Å². The number of carboxylic acids is 1. The van der Waals surface area contributed by atoms with E-state index in [0.717, 1.165) is 12.8 Å². The Morgan fingerprint density at radius 3 is 2.80 bits per heavy atom. The fourth-order valence-corrected chi connectivity index (χ4v) is 1.29. The number of aromatic carboxylic acids is 1. The summed E-state index contributed by atoms with van der Waals surface area (Å²) >= 11 is 0. The van der Waals surface area contributed by atoms with Crippen molar-refractivity contribution >= 4 is 11.7 Å². The van der Waals surface area contributed by atoms with Gasteiger partial charge in [0.15, 0.2) is 0 Å². The minimum Gasteiger partial charge on any atom is -0.506 e. The first-order valence-electron chi connectivity index (χ1n) is 4.96. The van der Waals surface area contributed by atoms with Gasteiger partial charge in [-0.3, -0.25) is 0 Å². The maximum atomic E-state index is 10.9. The average molecular weight is 209 g/mol. The van der Waals surface area contributed by atoms with Crippen LogP contribution in [0.3, 0.4) is 0 Å². The van der Waals surface area contributed by atoms with E-state index >= 15 is 0 Å². The summed E-state index contributed by atoms with van der Waals surface area (Å²) in [5.74, 6) is -1.06. The van der Waals surface area contributed by atoms with Gasteiger partial charge in [-0.2, -0.15) is 0 Å². The van der Waals surface area contributed by atoms with Crippen molar-refractivity contribution in [2.24, 2.45) is 0 Å². The van der Waals surface area contributed by atoms with E-state index in [1.165, 1.54) is 18.2 Å². The molecular weight excluding hydrogens is 194 g/mol. The third kappa shape index (κ3) is 2.87. The first-order chi connectivity index (χ1) is 7.16. The molecule has 0 aromatic heterocycles. The van der Waals surface area contributed by atoms with Gasteiger partial charge in [-0.25, -0.2) is 4.79 Å². The van der Waals surface area contributed by atoms with E-state index in [0.29, 0.717) is 12.2 Å². The third-order valence-electron chi connectivity index (χ3n) is 2.10. The lowest BCUT2D eigenvalue weighted by atomic mass is 10.1. The number of hydrogen-bond acceptors (Lipinski definition) is 3. The zero-order valence-electron chi connectivity index (χ0n) is 8.66. The molecule has 0 unspecified atom stereocenters. The number of rotatable bonds is 5. The molecule has 0 fully saturated rings. The van der Waals surface area contributed by atoms with Gasteiger partial charge in [-0.05, 0) is 18.6 Å². The monoisotopic (exact) mass is 209 g/mol. The van der Waals surface area contributed by atoms with Crippen molar-refractivity contribution < 1.29 is 15.0 Å². The van der Waals surface area contributed by atoms with Crippen molar-refractivity contribution in [1.29, 1.82) is 0 Å². The molecule has 4 heteroatoms. The Morgan fingerprint density at radius 2 is 2.20 bits per heavy atom. The molecule has 15 heavy (non-hydrogen) atoms. The lowest BCUT2D eigenvalue weighted by molar-refractivity contribution is 0.0697. The Hall–Kier alpha value is -1.71. The van der Waals surface area contributed by atoms with Crippen LogP contribution in [0.5, 0.6) is 5.75 Å². The number of hydrogen-bond donors (Lipinski definition) is 3. The second-order valence-electron chi connectivity index (χ2n) is 3.29. The van der Waals surface area contributed by atoms with Crippen LogP contribution in [0.4, 0.5) is 5.69 Å². The Morgan fingerprint density at radius 1 is 1.47 bits per heavy atom. The Balaban J connectivity index is 2.87. The number of nitrogens with one attached hydrogen (secondary N) is 1. The minimum absolute atomic E-state index is 0.0222. The number of phenolic OH excluding ortho intramolecular Hbond substituents is 1. The standard InChI is InChI=1S/C11H15NO3/c1-2-3-7-12-10-8(11(14)15)5-4-6-9(10)13/h4-6,12-13H,2-3,7H2,1H3,(H,14,15). The number of anilines is 1. The summed E-state index contributed by atoms with van der Waals surface area (Å²) in [6.07, 6.45) is 1.95. The van der Waals surface area contributed by atoms with Crippen LogP contribution in [-0.2, 0) is 0 Å². The summed E-state index contributed by atoms with van der Waals surface area (Å²) in [5, 5.41) is 21.3. The molecule has 0 saturated carbocycles. The van der Waals surface area contributed by atoms with Gasteiger partial charge in [0.25, 0.3) is 0 Å². The smallest absolute Gasteiger partial charge is 0.337 e. The normalized spacial score (nSPS) is 9.93. The van der Waals surface area contributed by atoms with E-state index in [1.807, 2.05) is 6.92 Å². The van der Waals surface area contributed by atoms with Crippen LogP contribution in [0.1, 0.15) is 30.1 Å². The molecule has 1 rings (SSSR count). The molecule has 0 aliphatic rings. The molecule has 0 aliphatic carbocycles. The molecule has 3 N–H and O–H groups in total. The molecule has 4 nitrogen and oxygen atoms in total. The maximum Gasteiger partial charge on any atom is 0.337 e. The summed E-state index contributed by atoms with van der Waals surface area (Å²) in [6.45, 7) is 2.71. The molecule has 0 heterocycles. The number of carbonyl (C=O) groups is 1. The number of unbranched alkanes of at least 4 members (excludes halogenated alkanes) is 1.